The number of thiophene rings is 1. The van der Waals surface area contributed by atoms with Crippen LogP contribution < -0.4 is 11.1 Å². The summed E-state index contributed by atoms with van der Waals surface area (Å²) in [5.74, 6) is -0.0153. The average Bonchev–Trinajstić information content (AvgIpc) is 2.63. The van der Waals surface area contributed by atoms with Gasteiger partial charge in [-0.15, -0.1) is 11.3 Å². The van der Waals surface area contributed by atoms with Crippen molar-refractivity contribution in [2.45, 2.75) is 47.0 Å². The molecule has 110 valence electrons. The van der Waals surface area contributed by atoms with Crippen LogP contribution in [0.25, 0.3) is 0 Å². The van der Waals surface area contributed by atoms with Crippen LogP contribution in [0.5, 0.6) is 0 Å². The molecular weight excluding hydrogens is 272 g/mol. The van der Waals surface area contributed by atoms with E-state index in [1.807, 2.05) is 0 Å². The number of amides is 2. The van der Waals surface area contributed by atoms with Crippen LogP contribution in [0.3, 0.4) is 0 Å². The normalized spacial score (nSPS) is 18.5. The third-order valence-electron chi connectivity index (χ3n) is 4.03. The van der Waals surface area contributed by atoms with E-state index >= 15 is 0 Å². The van der Waals surface area contributed by atoms with Crippen molar-refractivity contribution < 1.29 is 9.59 Å². The first-order valence-electron chi connectivity index (χ1n) is 6.92. The molecule has 1 aromatic rings. The van der Waals surface area contributed by atoms with Crippen LogP contribution in [0.2, 0.25) is 0 Å². The summed E-state index contributed by atoms with van der Waals surface area (Å²) in [4.78, 5) is 24.2. The number of anilines is 1. The average molecular weight is 294 g/mol. The maximum absolute atomic E-state index is 11.7. The molecule has 0 aliphatic heterocycles. The Kier molecular flexibility index (Phi) is 3.91. The van der Waals surface area contributed by atoms with Crippen molar-refractivity contribution in [2.75, 3.05) is 5.32 Å². The highest BCUT2D eigenvalue weighted by atomic mass is 32.1. The van der Waals surface area contributed by atoms with E-state index in [4.69, 9.17) is 5.73 Å². The lowest BCUT2D eigenvalue weighted by molar-refractivity contribution is -0.114. The zero-order chi connectivity index (χ0) is 15.1. The largest absolute Gasteiger partial charge is 0.365 e. The molecule has 1 heterocycles. The summed E-state index contributed by atoms with van der Waals surface area (Å²) in [7, 11) is 0. The molecule has 5 heteroatoms. The minimum Gasteiger partial charge on any atom is -0.365 e. The van der Waals surface area contributed by atoms with Crippen LogP contribution in [0.1, 0.15) is 54.9 Å². The Hall–Kier alpha value is -1.36. The lowest BCUT2D eigenvalue weighted by Crippen LogP contribution is -2.27. The number of fused-ring (bicyclic) bond motifs is 1. The molecule has 0 saturated heterocycles. The minimum absolute atomic E-state index is 0.168. The monoisotopic (exact) mass is 294 g/mol. The van der Waals surface area contributed by atoms with Gasteiger partial charge in [0, 0.05) is 11.8 Å². The Bertz CT molecular complexity index is 555. The van der Waals surface area contributed by atoms with E-state index < -0.39 is 5.91 Å². The molecule has 0 bridgehead atoms. The SMILES string of the molecule is CC(=O)Nc1sc2c(c1C(N)=O)CC[C@@H](C(C)(C)C)C2. The zero-order valence-electron chi connectivity index (χ0n) is 12.5. The van der Waals surface area contributed by atoms with Gasteiger partial charge in [-0.3, -0.25) is 9.59 Å². The predicted molar refractivity (Wildman–Crippen MR) is 82.1 cm³/mol. The number of carbonyl (C=O) groups excluding carboxylic acids is 2. The number of carbonyl (C=O) groups is 2. The topological polar surface area (TPSA) is 72.2 Å². The van der Waals surface area contributed by atoms with Gasteiger partial charge in [0.1, 0.15) is 5.00 Å². The molecule has 0 saturated carbocycles. The summed E-state index contributed by atoms with van der Waals surface area (Å²) in [6.07, 6.45) is 2.89. The van der Waals surface area contributed by atoms with Crippen molar-refractivity contribution in [2.24, 2.45) is 17.1 Å². The summed E-state index contributed by atoms with van der Waals surface area (Å²) in [6, 6.07) is 0. The Balaban J connectivity index is 2.39. The lowest BCUT2D eigenvalue weighted by Gasteiger charge is -2.33. The first-order chi connectivity index (χ1) is 9.20. The van der Waals surface area contributed by atoms with Gasteiger partial charge in [-0.1, -0.05) is 20.8 Å². The van der Waals surface area contributed by atoms with Crippen LogP contribution >= 0.6 is 11.3 Å². The van der Waals surface area contributed by atoms with Crippen LogP contribution in [-0.4, -0.2) is 11.8 Å². The highest BCUT2D eigenvalue weighted by Crippen LogP contribution is 2.44. The molecule has 2 rings (SSSR count). The molecule has 4 nitrogen and oxygen atoms in total. The van der Waals surface area contributed by atoms with E-state index in [1.165, 1.54) is 23.1 Å². The lowest BCUT2D eigenvalue weighted by atomic mass is 9.72. The van der Waals surface area contributed by atoms with Gasteiger partial charge in [0.05, 0.1) is 5.56 Å². The van der Waals surface area contributed by atoms with Crippen molar-refractivity contribution in [1.82, 2.24) is 0 Å². The third-order valence-corrected chi connectivity index (χ3v) is 5.20. The van der Waals surface area contributed by atoms with Crippen LogP contribution in [0.4, 0.5) is 5.00 Å². The summed E-state index contributed by atoms with van der Waals surface area (Å²) in [6.45, 7) is 8.20. The van der Waals surface area contributed by atoms with Crippen molar-refractivity contribution >= 4 is 28.2 Å². The summed E-state index contributed by atoms with van der Waals surface area (Å²) in [5.41, 5.74) is 7.32. The molecular formula is C15H22N2O2S. The maximum Gasteiger partial charge on any atom is 0.251 e. The summed E-state index contributed by atoms with van der Waals surface area (Å²) in [5, 5.41) is 3.36. The number of primary amides is 1. The van der Waals surface area contributed by atoms with Gasteiger partial charge in [0.2, 0.25) is 5.91 Å². The van der Waals surface area contributed by atoms with Crippen molar-refractivity contribution in [3.05, 3.63) is 16.0 Å². The zero-order valence-corrected chi connectivity index (χ0v) is 13.3. The molecule has 1 aliphatic rings. The minimum atomic E-state index is -0.444. The summed E-state index contributed by atoms with van der Waals surface area (Å²) < 4.78 is 0. The standard InChI is InChI=1S/C15H22N2O2S/c1-8(18)17-14-12(13(16)19)10-6-5-9(15(2,3)4)7-11(10)20-14/h9H,5-7H2,1-4H3,(H2,16,19)(H,17,18)/t9-/m1/s1. The Morgan fingerprint density at radius 1 is 1.35 bits per heavy atom. The first kappa shape index (κ1) is 15.0. The van der Waals surface area contributed by atoms with Gasteiger partial charge in [-0.2, -0.15) is 0 Å². The van der Waals surface area contributed by atoms with Crippen molar-refractivity contribution in [3.8, 4) is 0 Å². The predicted octanol–water partition coefficient (Wildman–Crippen LogP) is 2.96. The fourth-order valence-electron chi connectivity index (χ4n) is 2.83. The molecule has 0 unspecified atom stereocenters. The number of nitrogens with two attached hydrogens (primary N) is 1. The molecule has 0 spiro atoms. The van der Waals surface area contributed by atoms with Gasteiger partial charge in [0.25, 0.3) is 5.91 Å². The van der Waals surface area contributed by atoms with E-state index in [9.17, 15) is 9.59 Å². The second-order valence-corrected chi connectivity index (χ2v) is 7.66. The number of hydrogen-bond acceptors (Lipinski definition) is 3. The highest BCUT2D eigenvalue weighted by Gasteiger charge is 2.33. The quantitative estimate of drug-likeness (QED) is 0.880. The fraction of sp³-hybridized carbons (Fsp3) is 0.600. The molecule has 3 N–H and O–H groups in total. The third kappa shape index (κ3) is 2.87. The van der Waals surface area contributed by atoms with Crippen LogP contribution in [0.15, 0.2) is 0 Å². The van der Waals surface area contributed by atoms with Crippen molar-refractivity contribution in [3.63, 3.8) is 0 Å². The van der Waals surface area contributed by atoms with E-state index in [0.717, 1.165) is 24.8 Å². The first-order valence-corrected chi connectivity index (χ1v) is 7.73. The molecule has 1 aromatic heterocycles. The second kappa shape index (κ2) is 5.20. The molecule has 1 atom stereocenters. The van der Waals surface area contributed by atoms with E-state index in [1.54, 1.807) is 0 Å². The van der Waals surface area contributed by atoms with E-state index in [2.05, 4.69) is 26.1 Å². The molecule has 1 aliphatic carbocycles. The number of rotatable bonds is 2. The van der Waals surface area contributed by atoms with E-state index in [0.29, 0.717) is 16.5 Å². The smallest absolute Gasteiger partial charge is 0.251 e. The van der Waals surface area contributed by atoms with Gasteiger partial charge in [-0.05, 0) is 36.2 Å². The molecule has 2 amide bonds. The maximum atomic E-state index is 11.7. The molecule has 0 fully saturated rings. The number of hydrogen-bond donors (Lipinski definition) is 2. The van der Waals surface area contributed by atoms with Crippen molar-refractivity contribution in [1.29, 1.82) is 0 Å². The Morgan fingerprint density at radius 3 is 2.50 bits per heavy atom. The van der Waals surface area contributed by atoms with E-state index in [-0.39, 0.29) is 11.3 Å². The highest BCUT2D eigenvalue weighted by molar-refractivity contribution is 7.17. The van der Waals surface area contributed by atoms with Gasteiger partial charge in [-0.25, -0.2) is 0 Å². The van der Waals surface area contributed by atoms with Gasteiger partial charge >= 0.3 is 0 Å². The molecule has 0 radical (unpaired) electrons. The Morgan fingerprint density at radius 2 is 2.00 bits per heavy atom. The fourth-order valence-corrected chi connectivity index (χ4v) is 4.21. The molecule has 20 heavy (non-hydrogen) atoms. The van der Waals surface area contributed by atoms with Gasteiger partial charge < -0.3 is 11.1 Å². The van der Waals surface area contributed by atoms with Gasteiger partial charge in [0.15, 0.2) is 0 Å². The number of nitrogens with one attached hydrogen (secondary N) is 1. The van der Waals surface area contributed by atoms with Crippen LogP contribution in [0, 0.1) is 11.3 Å². The van der Waals surface area contributed by atoms with Crippen LogP contribution in [-0.2, 0) is 17.6 Å². The second-order valence-electron chi connectivity index (χ2n) is 6.56. The molecule has 0 aromatic carbocycles. The summed E-state index contributed by atoms with van der Waals surface area (Å²) >= 11 is 1.51. The Labute approximate surface area is 123 Å².